The number of nitrogens with zero attached hydrogens (tertiary/aromatic N) is 2. The third-order valence-electron chi connectivity index (χ3n) is 3.81. The van der Waals surface area contributed by atoms with Gasteiger partial charge in [0.2, 0.25) is 5.91 Å². The van der Waals surface area contributed by atoms with Crippen molar-refractivity contribution in [1.29, 1.82) is 0 Å². The molecule has 0 saturated heterocycles. The maximum Gasteiger partial charge on any atom is 0.242 e. The molecule has 1 aliphatic rings. The number of benzene rings is 2. The van der Waals surface area contributed by atoms with Gasteiger partial charge in [0.15, 0.2) is 0 Å². The molecule has 1 heterocycles. The Morgan fingerprint density at radius 1 is 1.23 bits per heavy atom. The Morgan fingerprint density at radius 3 is 2.68 bits per heavy atom. The molecule has 1 aliphatic heterocycles. The van der Waals surface area contributed by atoms with Gasteiger partial charge < -0.3 is 0 Å². The minimum absolute atomic E-state index is 0.0554. The van der Waals surface area contributed by atoms with E-state index < -0.39 is 0 Å². The number of hydrazone groups is 1. The Morgan fingerprint density at radius 2 is 2.00 bits per heavy atom. The Balaban J connectivity index is 1.96. The molecule has 0 saturated carbocycles. The number of amides is 1. The third-order valence-corrected chi connectivity index (χ3v) is 3.81. The van der Waals surface area contributed by atoms with Gasteiger partial charge in [-0.2, -0.15) is 5.10 Å². The van der Waals surface area contributed by atoms with Gasteiger partial charge in [0, 0.05) is 12.8 Å². The van der Waals surface area contributed by atoms with Crippen LogP contribution in [0.25, 0.3) is 0 Å². The van der Waals surface area contributed by atoms with Crippen molar-refractivity contribution in [3.8, 4) is 0 Å². The molecule has 22 heavy (non-hydrogen) atoms. The van der Waals surface area contributed by atoms with E-state index in [1.165, 1.54) is 17.1 Å². The fourth-order valence-corrected chi connectivity index (χ4v) is 2.68. The van der Waals surface area contributed by atoms with Gasteiger partial charge in [-0.15, -0.1) is 0 Å². The normalized spacial score (nSPS) is 17.5. The van der Waals surface area contributed by atoms with Gasteiger partial charge >= 0.3 is 0 Å². The summed E-state index contributed by atoms with van der Waals surface area (Å²) in [5, 5.41) is 5.99. The predicted molar refractivity (Wildman–Crippen MR) is 83.9 cm³/mol. The van der Waals surface area contributed by atoms with Crippen LogP contribution in [0, 0.1) is 5.82 Å². The Bertz CT molecular complexity index is 712. The van der Waals surface area contributed by atoms with Crippen molar-refractivity contribution in [3.05, 3.63) is 71.5 Å². The van der Waals surface area contributed by atoms with E-state index in [2.05, 4.69) is 5.10 Å². The fraction of sp³-hybridized carbons (Fsp3) is 0.222. The highest BCUT2D eigenvalue weighted by molar-refractivity contribution is 6.03. The maximum absolute atomic E-state index is 13.5. The lowest BCUT2D eigenvalue weighted by molar-refractivity contribution is -0.132. The van der Waals surface area contributed by atoms with Crippen LogP contribution in [0.1, 0.15) is 36.9 Å². The summed E-state index contributed by atoms with van der Waals surface area (Å²) >= 11 is 0. The van der Waals surface area contributed by atoms with Crippen molar-refractivity contribution < 1.29 is 9.18 Å². The zero-order valence-corrected chi connectivity index (χ0v) is 12.4. The van der Waals surface area contributed by atoms with E-state index in [-0.39, 0.29) is 17.8 Å². The van der Waals surface area contributed by atoms with E-state index in [0.717, 1.165) is 16.8 Å². The second-order valence-corrected chi connectivity index (χ2v) is 5.28. The molecule has 1 amide bonds. The van der Waals surface area contributed by atoms with E-state index in [4.69, 9.17) is 0 Å². The van der Waals surface area contributed by atoms with E-state index >= 15 is 0 Å². The standard InChI is InChI=1S/C18H17FN2O/c1-2-18(22)21-17(14-9-6-10-15(19)11-14)12-16(20-21)13-7-4-3-5-8-13/h3-11,17H,2,12H2,1H3/t17-/m1/s1. The van der Waals surface area contributed by atoms with Crippen LogP contribution >= 0.6 is 0 Å². The molecule has 4 heteroatoms. The molecule has 0 spiro atoms. The van der Waals surface area contributed by atoms with Crippen molar-refractivity contribution in [2.24, 2.45) is 5.10 Å². The lowest BCUT2D eigenvalue weighted by atomic mass is 9.98. The molecule has 1 atom stereocenters. The van der Waals surface area contributed by atoms with Crippen LogP contribution in [0.4, 0.5) is 4.39 Å². The van der Waals surface area contributed by atoms with Gasteiger partial charge in [-0.1, -0.05) is 49.4 Å². The van der Waals surface area contributed by atoms with E-state index in [0.29, 0.717) is 12.8 Å². The molecule has 0 unspecified atom stereocenters. The topological polar surface area (TPSA) is 32.7 Å². The Hall–Kier alpha value is -2.49. The van der Waals surface area contributed by atoms with Crippen LogP contribution in [0.2, 0.25) is 0 Å². The van der Waals surface area contributed by atoms with Gasteiger partial charge in [0.05, 0.1) is 11.8 Å². The molecule has 0 N–H and O–H groups in total. The minimum Gasteiger partial charge on any atom is -0.273 e. The number of carbonyl (C=O) groups is 1. The lowest BCUT2D eigenvalue weighted by Gasteiger charge is -2.21. The van der Waals surface area contributed by atoms with Gasteiger partial charge in [-0.05, 0) is 23.3 Å². The predicted octanol–water partition coefficient (Wildman–Crippen LogP) is 3.91. The molecule has 112 valence electrons. The second-order valence-electron chi connectivity index (χ2n) is 5.28. The van der Waals surface area contributed by atoms with Crippen molar-refractivity contribution >= 4 is 11.6 Å². The van der Waals surface area contributed by atoms with Gasteiger partial charge in [0.1, 0.15) is 5.82 Å². The first-order valence-electron chi connectivity index (χ1n) is 7.39. The summed E-state index contributed by atoms with van der Waals surface area (Å²) < 4.78 is 13.5. The highest BCUT2D eigenvalue weighted by Crippen LogP contribution is 2.33. The van der Waals surface area contributed by atoms with Crippen molar-refractivity contribution in [1.82, 2.24) is 5.01 Å². The van der Waals surface area contributed by atoms with Gasteiger partial charge in [-0.3, -0.25) is 4.79 Å². The molecule has 0 radical (unpaired) electrons. The van der Waals surface area contributed by atoms with Crippen LogP contribution in [0.15, 0.2) is 59.7 Å². The van der Waals surface area contributed by atoms with E-state index in [1.54, 1.807) is 13.0 Å². The van der Waals surface area contributed by atoms with Crippen LogP contribution in [0.3, 0.4) is 0 Å². The first-order chi connectivity index (χ1) is 10.7. The molecule has 0 fully saturated rings. The first-order valence-corrected chi connectivity index (χ1v) is 7.39. The first kappa shape index (κ1) is 14.4. The quantitative estimate of drug-likeness (QED) is 0.845. The minimum atomic E-state index is -0.297. The number of hydrogen-bond acceptors (Lipinski definition) is 2. The summed E-state index contributed by atoms with van der Waals surface area (Å²) in [4.78, 5) is 12.2. The third kappa shape index (κ3) is 2.77. The molecular formula is C18H17FN2O. The molecule has 0 aliphatic carbocycles. The lowest BCUT2D eigenvalue weighted by Crippen LogP contribution is -2.26. The Kier molecular flexibility index (Phi) is 4.00. The molecule has 3 nitrogen and oxygen atoms in total. The summed E-state index contributed by atoms with van der Waals surface area (Å²) in [6.07, 6.45) is 0.969. The van der Waals surface area contributed by atoms with E-state index in [1.807, 2.05) is 36.4 Å². The largest absolute Gasteiger partial charge is 0.273 e. The Labute approximate surface area is 129 Å². The monoisotopic (exact) mass is 296 g/mol. The highest BCUT2D eigenvalue weighted by atomic mass is 19.1. The maximum atomic E-state index is 13.5. The van der Waals surface area contributed by atoms with Crippen LogP contribution in [-0.4, -0.2) is 16.6 Å². The summed E-state index contributed by atoms with van der Waals surface area (Å²) in [6.45, 7) is 1.81. The van der Waals surface area contributed by atoms with Gasteiger partial charge in [0.25, 0.3) is 0 Å². The smallest absolute Gasteiger partial charge is 0.242 e. The van der Waals surface area contributed by atoms with Crippen molar-refractivity contribution in [3.63, 3.8) is 0 Å². The van der Waals surface area contributed by atoms with Crippen LogP contribution in [-0.2, 0) is 4.79 Å². The number of hydrogen-bond donors (Lipinski definition) is 0. The molecule has 0 aromatic heterocycles. The molecule has 2 aromatic carbocycles. The molecular weight excluding hydrogens is 279 g/mol. The molecule has 3 rings (SSSR count). The number of rotatable bonds is 3. The zero-order valence-electron chi connectivity index (χ0n) is 12.4. The van der Waals surface area contributed by atoms with Crippen molar-refractivity contribution in [2.75, 3.05) is 0 Å². The summed E-state index contributed by atoms with van der Waals surface area (Å²) in [7, 11) is 0. The summed E-state index contributed by atoms with van der Waals surface area (Å²) in [5.41, 5.74) is 2.63. The average Bonchev–Trinajstić information content (AvgIpc) is 3.00. The highest BCUT2D eigenvalue weighted by Gasteiger charge is 2.32. The van der Waals surface area contributed by atoms with Crippen molar-refractivity contribution in [2.45, 2.75) is 25.8 Å². The zero-order chi connectivity index (χ0) is 15.5. The summed E-state index contributed by atoms with van der Waals surface area (Å²) in [6, 6.07) is 15.9. The average molecular weight is 296 g/mol. The van der Waals surface area contributed by atoms with Gasteiger partial charge in [-0.25, -0.2) is 9.40 Å². The number of halogens is 1. The second kappa shape index (κ2) is 6.10. The summed E-state index contributed by atoms with van der Waals surface area (Å²) in [5.74, 6) is -0.352. The number of carbonyl (C=O) groups excluding carboxylic acids is 1. The molecule has 2 aromatic rings. The molecule has 0 bridgehead atoms. The van der Waals surface area contributed by atoms with Crippen LogP contribution in [0.5, 0.6) is 0 Å². The SMILES string of the molecule is CCC(=O)N1N=C(c2ccccc2)C[C@@H]1c1cccc(F)c1. The van der Waals surface area contributed by atoms with Crippen LogP contribution < -0.4 is 0 Å². The fourth-order valence-electron chi connectivity index (χ4n) is 2.68. The van der Waals surface area contributed by atoms with E-state index in [9.17, 15) is 9.18 Å².